The fraction of sp³-hybridized carbons (Fsp3) is 1.00. The fourth-order valence-corrected chi connectivity index (χ4v) is 0. The van der Waals surface area contributed by atoms with Gasteiger partial charge >= 0.3 is 0 Å². The molecule has 0 rings (SSSR count). The summed E-state index contributed by atoms with van der Waals surface area (Å²) in [5, 5.41) is 5.54. The van der Waals surface area contributed by atoms with E-state index in [9.17, 15) is 0 Å². The summed E-state index contributed by atoms with van der Waals surface area (Å²) in [6.07, 6.45) is 0. The Labute approximate surface area is 44.6 Å². The van der Waals surface area contributed by atoms with E-state index in [2.05, 4.69) is 0 Å². The van der Waals surface area contributed by atoms with E-state index in [-0.39, 0.29) is 0 Å². The van der Waals surface area contributed by atoms with Crippen LogP contribution in [0.2, 0.25) is 13.1 Å². The molecule has 0 saturated heterocycles. The van der Waals surface area contributed by atoms with Crippen LogP contribution in [0.4, 0.5) is 0 Å². The summed E-state index contributed by atoms with van der Waals surface area (Å²) in [6, 6.07) is 0. The third-order valence-corrected chi connectivity index (χ3v) is 3.10. The highest BCUT2D eigenvalue weighted by Crippen LogP contribution is 1.91. The standard InChI is InChI=1S/C3H10ClNSi/c1-6(2,5)3-4/h3,5H2,1-2H3. The molecular formula is C3H10ClNSi. The lowest BCUT2D eigenvalue weighted by atomic mass is 11.8. The first-order valence-electron chi connectivity index (χ1n) is 1.91. The summed E-state index contributed by atoms with van der Waals surface area (Å²) >= 11 is 5.41. The lowest BCUT2D eigenvalue weighted by molar-refractivity contribution is 1.56. The van der Waals surface area contributed by atoms with Crippen LogP contribution in [0.1, 0.15) is 0 Å². The molecule has 0 aliphatic carbocycles. The molecular weight excluding hydrogens is 114 g/mol. The summed E-state index contributed by atoms with van der Waals surface area (Å²) in [7, 11) is -1.37. The van der Waals surface area contributed by atoms with Crippen molar-refractivity contribution in [2.45, 2.75) is 13.1 Å². The average Bonchev–Trinajstić information content (AvgIpc) is 1.35. The predicted octanol–water partition coefficient (Wildman–Crippen LogP) is 0.928. The minimum absolute atomic E-state index is 0.660. The van der Waals surface area contributed by atoms with Gasteiger partial charge in [-0.3, -0.25) is 0 Å². The van der Waals surface area contributed by atoms with Crippen LogP contribution in [-0.4, -0.2) is 13.7 Å². The van der Waals surface area contributed by atoms with E-state index >= 15 is 0 Å². The largest absolute Gasteiger partial charge is 0.350 e. The number of rotatable bonds is 1. The van der Waals surface area contributed by atoms with Gasteiger partial charge in [-0.2, -0.15) is 0 Å². The summed E-state index contributed by atoms with van der Waals surface area (Å²) in [5.41, 5.74) is 0.660. The van der Waals surface area contributed by atoms with E-state index in [1.807, 2.05) is 13.1 Å². The van der Waals surface area contributed by atoms with Gasteiger partial charge in [-0.25, -0.2) is 0 Å². The van der Waals surface area contributed by atoms with E-state index in [0.29, 0.717) is 5.50 Å². The lowest BCUT2D eigenvalue weighted by Gasteiger charge is -2.07. The van der Waals surface area contributed by atoms with Crippen LogP contribution in [0, 0.1) is 0 Å². The molecule has 38 valence electrons. The van der Waals surface area contributed by atoms with E-state index < -0.39 is 8.24 Å². The van der Waals surface area contributed by atoms with Crippen molar-refractivity contribution < 1.29 is 0 Å². The number of halogens is 1. The molecule has 6 heavy (non-hydrogen) atoms. The van der Waals surface area contributed by atoms with Crippen molar-refractivity contribution >= 4 is 19.8 Å². The van der Waals surface area contributed by atoms with Gasteiger partial charge in [0.2, 0.25) is 0 Å². The molecule has 0 amide bonds. The molecule has 0 fully saturated rings. The SMILES string of the molecule is C[Si](C)(N)CCl. The van der Waals surface area contributed by atoms with Gasteiger partial charge in [0.15, 0.2) is 0 Å². The second kappa shape index (κ2) is 1.96. The molecule has 3 heteroatoms. The number of nitrogens with two attached hydrogens (primary N) is 1. The van der Waals surface area contributed by atoms with Crippen molar-refractivity contribution in [2.75, 3.05) is 5.50 Å². The molecule has 0 spiro atoms. The van der Waals surface area contributed by atoms with Crippen molar-refractivity contribution in [2.24, 2.45) is 5.40 Å². The second-order valence-corrected chi connectivity index (χ2v) is 7.17. The van der Waals surface area contributed by atoms with Crippen LogP contribution in [0.5, 0.6) is 0 Å². The Kier molecular flexibility index (Phi) is 2.11. The maximum atomic E-state index is 5.54. The van der Waals surface area contributed by atoms with E-state index in [1.54, 1.807) is 0 Å². The second-order valence-electron chi connectivity index (χ2n) is 2.12. The summed E-state index contributed by atoms with van der Waals surface area (Å²) < 4.78 is 0. The van der Waals surface area contributed by atoms with Gasteiger partial charge in [-0.1, -0.05) is 13.1 Å². The third-order valence-electron chi connectivity index (χ3n) is 0.344. The Balaban J connectivity index is 3.17. The Morgan fingerprint density at radius 3 is 1.83 bits per heavy atom. The number of alkyl halides is 1. The predicted molar refractivity (Wildman–Crippen MR) is 32.4 cm³/mol. The molecule has 0 aromatic heterocycles. The molecule has 0 atom stereocenters. The minimum atomic E-state index is -1.37. The Hall–Kier alpha value is 0.467. The molecule has 0 unspecified atom stereocenters. The minimum Gasteiger partial charge on any atom is -0.350 e. The van der Waals surface area contributed by atoms with E-state index in [0.717, 1.165) is 0 Å². The zero-order valence-electron chi connectivity index (χ0n) is 4.16. The molecule has 0 saturated carbocycles. The lowest BCUT2D eigenvalue weighted by Crippen LogP contribution is -2.40. The third kappa shape index (κ3) is 4.47. The van der Waals surface area contributed by atoms with Gasteiger partial charge in [-0.05, 0) is 0 Å². The maximum Gasteiger partial charge on any atom is 0.131 e. The molecule has 0 radical (unpaired) electrons. The van der Waals surface area contributed by atoms with Gasteiger partial charge in [0.05, 0.1) is 0 Å². The van der Waals surface area contributed by atoms with Crippen LogP contribution < -0.4 is 5.40 Å². The highest BCUT2D eigenvalue weighted by molar-refractivity contribution is 6.80. The smallest absolute Gasteiger partial charge is 0.131 e. The Morgan fingerprint density at radius 1 is 1.67 bits per heavy atom. The monoisotopic (exact) mass is 123 g/mol. The van der Waals surface area contributed by atoms with E-state index in [1.165, 1.54) is 0 Å². The highest BCUT2D eigenvalue weighted by Gasteiger charge is 2.09. The first-order valence-corrected chi connectivity index (χ1v) is 5.73. The van der Waals surface area contributed by atoms with Crippen molar-refractivity contribution in [1.82, 2.24) is 0 Å². The summed E-state index contributed by atoms with van der Waals surface area (Å²) in [6.45, 7) is 4.06. The van der Waals surface area contributed by atoms with Crippen LogP contribution >= 0.6 is 11.6 Å². The number of hydrogen-bond acceptors (Lipinski definition) is 1. The molecule has 0 aliphatic rings. The summed E-state index contributed by atoms with van der Waals surface area (Å²) in [5.74, 6) is 0. The molecule has 2 N–H and O–H groups in total. The van der Waals surface area contributed by atoms with Crippen molar-refractivity contribution in [3.8, 4) is 0 Å². The van der Waals surface area contributed by atoms with Crippen LogP contribution in [0.3, 0.4) is 0 Å². The normalized spacial score (nSPS) is 12.0. The topological polar surface area (TPSA) is 26.0 Å². The van der Waals surface area contributed by atoms with Gasteiger partial charge in [0.1, 0.15) is 8.24 Å². The molecule has 0 bridgehead atoms. The molecule has 0 aromatic carbocycles. The quantitative estimate of drug-likeness (QED) is 0.408. The summed E-state index contributed by atoms with van der Waals surface area (Å²) in [4.78, 5) is 0. The van der Waals surface area contributed by atoms with Crippen molar-refractivity contribution in [1.29, 1.82) is 0 Å². The maximum absolute atomic E-state index is 5.54. The highest BCUT2D eigenvalue weighted by atomic mass is 35.5. The zero-order valence-corrected chi connectivity index (χ0v) is 5.92. The molecule has 0 heterocycles. The Bertz CT molecular complexity index is 40.5. The molecule has 0 aromatic rings. The average molecular weight is 124 g/mol. The van der Waals surface area contributed by atoms with Gasteiger partial charge in [-0.15, -0.1) is 11.6 Å². The van der Waals surface area contributed by atoms with Gasteiger partial charge in [0, 0.05) is 5.50 Å². The molecule has 0 aliphatic heterocycles. The van der Waals surface area contributed by atoms with Crippen molar-refractivity contribution in [3.63, 3.8) is 0 Å². The van der Waals surface area contributed by atoms with E-state index in [4.69, 9.17) is 17.0 Å². The zero-order chi connectivity index (χ0) is 5.21. The van der Waals surface area contributed by atoms with Crippen LogP contribution in [-0.2, 0) is 0 Å². The van der Waals surface area contributed by atoms with Gasteiger partial charge < -0.3 is 5.40 Å². The first kappa shape index (κ1) is 6.47. The Morgan fingerprint density at radius 2 is 1.83 bits per heavy atom. The number of hydrogen-bond donors (Lipinski definition) is 1. The van der Waals surface area contributed by atoms with Crippen molar-refractivity contribution in [3.05, 3.63) is 0 Å². The first-order chi connectivity index (χ1) is 2.56. The molecule has 1 nitrogen and oxygen atoms in total. The van der Waals surface area contributed by atoms with Crippen LogP contribution in [0.15, 0.2) is 0 Å². The van der Waals surface area contributed by atoms with Crippen LogP contribution in [0.25, 0.3) is 0 Å². The van der Waals surface area contributed by atoms with Gasteiger partial charge in [0.25, 0.3) is 0 Å². The fourth-order valence-electron chi connectivity index (χ4n) is 0.